The van der Waals surface area contributed by atoms with E-state index in [-0.39, 0.29) is 0 Å². The zero-order valence-corrected chi connectivity index (χ0v) is 4.68. The maximum absolute atomic E-state index is 6.52. The fourth-order valence-corrected chi connectivity index (χ4v) is 0.215. The van der Waals surface area contributed by atoms with Crippen molar-refractivity contribution in [2.75, 3.05) is 0 Å². The molecule has 1 N–H and O–H groups in total. The van der Waals surface area contributed by atoms with Gasteiger partial charge in [0, 0.05) is 18.5 Å². The normalized spacial score (nSPS) is 10.7. The smallest absolute Gasteiger partial charge is 0.0443 e. The van der Waals surface area contributed by atoms with Gasteiger partial charge in [0.1, 0.15) is 0 Å². The molecular formula is C5H10N2. The van der Waals surface area contributed by atoms with Crippen LogP contribution in [0.4, 0.5) is 0 Å². The number of nitrogens with one attached hydrogen (secondary N) is 1. The molecule has 0 spiro atoms. The third kappa shape index (κ3) is 5.34. The maximum atomic E-state index is 6.52. The molecule has 7 heavy (non-hydrogen) atoms. The Hall–Kier alpha value is -0.660. The lowest BCUT2D eigenvalue weighted by Crippen LogP contribution is -1.87. The van der Waals surface area contributed by atoms with Gasteiger partial charge in [0.15, 0.2) is 0 Å². The summed E-state index contributed by atoms with van der Waals surface area (Å²) in [5, 5.41) is 6.52. The van der Waals surface area contributed by atoms with Gasteiger partial charge in [-0.15, -0.1) is 0 Å². The van der Waals surface area contributed by atoms with E-state index in [2.05, 4.69) is 4.99 Å². The van der Waals surface area contributed by atoms with Crippen LogP contribution in [-0.2, 0) is 0 Å². The lowest BCUT2D eigenvalue weighted by Gasteiger charge is -1.88. The summed E-state index contributed by atoms with van der Waals surface area (Å²) in [5.41, 5.74) is 0. The molecule has 0 amide bonds. The van der Waals surface area contributed by atoms with Gasteiger partial charge in [-0.25, -0.2) is 0 Å². The molecule has 40 valence electrons. The van der Waals surface area contributed by atoms with Crippen molar-refractivity contribution in [1.82, 2.24) is 0 Å². The molecule has 0 aliphatic heterocycles. The summed E-state index contributed by atoms with van der Waals surface area (Å²) in [6.07, 6.45) is 2.67. The lowest BCUT2D eigenvalue weighted by molar-refractivity contribution is 0.843. The van der Waals surface area contributed by atoms with Crippen LogP contribution < -0.4 is 0 Å². The Kier molecular flexibility index (Phi) is 3.19. The Bertz CT molecular complexity index is 74.1. The SMILES string of the molecule is CC(C)N=CC=N. The van der Waals surface area contributed by atoms with Gasteiger partial charge in [-0.2, -0.15) is 0 Å². The highest BCUT2D eigenvalue weighted by atomic mass is 14.7. The van der Waals surface area contributed by atoms with Gasteiger partial charge in [-0.3, -0.25) is 4.99 Å². The second-order valence-corrected chi connectivity index (χ2v) is 1.56. The molecule has 0 saturated heterocycles. The highest BCUT2D eigenvalue weighted by molar-refractivity contribution is 6.14. The van der Waals surface area contributed by atoms with E-state index >= 15 is 0 Å². The molecule has 0 saturated carbocycles. The van der Waals surface area contributed by atoms with Crippen LogP contribution >= 0.6 is 0 Å². The Labute approximate surface area is 43.8 Å². The van der Waals surface area contributed by atoms with Crippen molar-refractivity contribution in [3.8, 4) is 0 Å². The van der Waals surface area contributed by atoms with E-state index in [1.54, 1.807) is 0 Å². The van der Waals surface area contributed by atoms with Gasteiger partial charge in [-0.05, 0) is 13.8 Å². The maximum Gasteiger partial charge on any atom is 0.0443 e. The molecule has 0 aromatic carbocycles. The Morgan fingerprint density at radius 2 is 2.14 bits per heavy atom. The number of rotatable bonds is 2. The van der Waals surface area contributed by atoms with Crippen LogP contribution in [0, 0.1) is 5.41 Å². The quantitative estimate of drug-likeness (QED) is 0.502. The minimum absolute atomic E-state index is 0.321. The topological polar surface area (TPSA) is 36.2 Å². The van der Waals surface area contributed by atoms with Crippen molar-refractivity contribution in [1.29, 1.82) is 5.41 Å². The van der Waals surface area contributed by atoms with Crippen molar-refractivity contribution >= 4 is 12.4 Å². The van der Waals surface area contributed by atoms with Crippen LogP contribution in [0.5, 0.6) is 0 Å². The molecule has 0 aliphatic rings. The first-order valence-electron chi connectivity index (χ1n) is 2.29. The summed E-state index contributed by atoms with van der Waals surface area (Å²) in [7, 11) is 0. The van der Waals surface area contributed by atoms with Crippen molar-refractivity contribution in [2.24, 2.45) is 4.99 Å². The van der Waals surface area contributed by atoms with Gasteiger partial charge < -0.3 is 5.41 Å². The van der Waals surface area contributed by atoms with Gasteiger partial charge in [0.05, 0.1) is 0 Å². The number of hydrogen-bond donors (Lipinski definition) is 1. The zero-order chi connectivity index (χ0) is 5.70. The van der Waals surface area contributed by atoms with E-state index in [0.29, 0.717) is 6.04 Å². The average molecular weight is 98.1 g/mol. The second-order valence-electron chi connectivity index (χ2n) is 1.56. The molecule has 0 unspecified atom stereocenters. The Morgan fingerprint density at radius 3 is 2.29 bits per heavy atom. The van der Waals surface area contributed by atoms with E-state index in [4.69, 9.17) is 5.41 Å². The molecule has 0 rings (SSSR count). The van der Waals surface area contributed by atoms with Crippen LogP contribution in [-0.4, -0.2) is 18.5 Å². The monoisotopic (exact) mass is 98.1 g/mol. The van der Waals surface area contributed by atoms with E-state index in [0.717, 1.165) is 0 Å². The van der Waals surface area contributed by atoms with Crippen molar-refractivity contribution in [3.05, 3.63) is 0 Å². The molecule has 0 bridgehead atoms. The number of nitrogens with zero attached hydrogens (tertiary/aromatic N) is 1. The first-order valence-corrected chi connectivity index (χ1v) is 2.29. The van der Waals surface area contributed by atoms with E-state index < -0.39 is 0 Å². The van der Waals surface area contributed by atoms with Crippen LogP contribution in [0.2, 0.25) is 0 Å². The van der Waals surface area contributed by atoms with E-state index in [1.807, 2.05) is 13.8 Å². The largest absolute Gasteiger partial charge is 0.307 e. The second kappa shape index (κ2) is 3.53. The highest BCUT2D eigenvalue weighted by Crippen LogP contribution is 1.79. The molecule has 0 heterocycles. The van der Waals surface area contributed by atoms with E-state index in [1.165, 1.54) is 12.4 Å². The minimum Gasteiger partial charge on any atom is -0.307 e. The molecule has 0 aromatic heterocycles. The third-order valence-electron chi connectivity index (χ3n) is 0.459. The molecule has 0 radical (unpaired) electrons. The molecule has 2 heteroatoms. The number of hydrogen-bond acceptors (Lipinski definition) is 2. The third-order valence-corrected chi connectivity index (χ3v) is 0.459. The predicted octanol–water partition coefficient (Wildman–Crippen LogP) is 1.12. The summed E-state index contributed by atoms with van der Waals surface area (Å²) in [6.45, 7) is 3.94. The summed E-state index contributed by atoms with van der Waals surface area (Å²) >= 11 is 0. The highest BCUT2D eigenvalue weighted by Gasteiger charge is 1.78. The minimum atomic E-state index is 0.321. The van der Waals surface area contributed by atoms with Gasteiger partial charge in [-0.1, -0.05) is 0 Å². The standard InChI is InChI=1S/C5H10N2/c1-5(2)7-4-3-6/h3-6H,1-2H3. The van der Waals surface area contributed by atoms with Crippen molar-refractivity contribution < 1.29 is 0 Å². The van der Waals surface area contributed by atoms with Gasteiger partial charge in [0.25, 0.3) is 0 Å². The van der Waals surface area contributed by atoms with Crippen LogP contribution in [0.1, 0.15) is 13.8 Å². The predicted molar refractivity (Wildman–Crippen MR) is 32.4 cm³/mol. The van der Waals surface area contributed by atoms with Crippen molar-refractivity contribution in [2.45, 2.75) is 19.9 Å². The van der Waals surface area contributed by atoms with Crippen LogP contribution in [0.3, 0.4) is 0 Å². The Balaban J connectivity index is 3.25. The summed E-state index contributed by atoms with van der Waals surface area (Å²) < 4.78 is 0. The summed E-state index contributed by atoms with van der Waals surface area (Å²) in [4.78, 5) is 3.88. The van der Waals surface area contributed by atoms with Gasteiger partial charge >= 0.3 is 0 Å². The molecule has 0 fully saturated rings. The number of aliphatic imine (C=N–C) groups is 1. The summed E-state index contributed by atoms with van der Waals surface area (Å²) in [6, 6.07) is 0.321. The fraction of sp³-hybridized carbons (Fsp3) is 0.600. The average Bonchev–Trinajstić information content (AvgIpc) is 1.61. The first kappa shape index (κ1) is 6.34. The lowest BCUT2D eigenvalue weighted by atomic mass is 10.4. The van der Waals surface area contributed by atoms with Crippen molar-refractivity contribution in [3.63, 3.8) is 0 Å². The Morgan fingerprint density at radius 1 is 1.57 bits per heavy atom. The van der Waals surface area contributed by atoms with Crippen LogP contribution in [0.15, 0.2) is 4.99 Å². The molecule has 0 aromatic rings. The first-order chi connectivity index (χ1) is 3.27. The van der Waals surface area contributed by atoms with E-state index in [9.17, 15) is 0 Å². The summed E-state index contributed by atoms with van der Waals surface area (Å²) in [5.74, 6) is 0. The molecule has 0 aliphatic carbocycles. The molecule has 0 atom stereocenters. The fourth-order valence-electron chi connectivity index (χ4n) is 0.215. The molecule has 2 nitrogen and oxygen atoms in total. The van der Waals surface area contributed by atoms with Crippen LogP contribution in [0.25, 0.3) is 0 Å². The molecular weight excluding hydrogens is 88.1 g/mol. The van der Waals surface area contributed by atoms with Gasteiger partial charge in [0.2, 0.25) is 0 Å². The zero-order valence-electron chi connectivity index (χ0n) is 4.68.